The summed E-state index contributed by atoms with van der Waals surface area (Å²) in [6.45, 7) is 8.86. The zero-order valence-corrected chi connectivity index (χ0v) is 21.0. The summed E-state index contributed by atoms with van der Waals surface area (Å²) in [4.78, 5) is 31.6. The van der Waals surface area contributed by atoms with Crippen molar-refractivity contribution in [1.29, 1.82) is 5.26 Å². The van der Waals surface area contributed by atoms with Crippen LogP contribution < -0.4 is 10.2 Å². The highest BCUT2D eigenvalue weighted by Crippen LogP contribution is 2.36. The van der Waals surface area contributed by atoms with Crippen molar-refractivity contribution >= 4 is 17.7 Å². The van der Waals surface area contributed by atoms with Crippen LogP contribution in [0.25, 0.3) is 11.1 Å². The Kier molecular flexibility index (Phi) is 8.04. The van der Waals surface area contributed by atoms with Gasteiger partial charge in [0, 0.05) is 42.7 Å². The number of nitrogens with zero attached hydrogens (tertiary/aromatic N) is 7. The van der Waals surface area contributed by atoms with Gasteiger partial charge in [-0.25, -0.2) is 14.8 Å². The van der Waals surface area contributed by atoms with Crippen LogP contribution in [0.1, 0.15) is 42.1 Å². The number of carboxylic acid groups (broad SMARTS) is 1. The number of aliphatic carboxylic acids is 1. The Bertz CT molecular complexity index is 1330. The first-order chi connectivity index (χ1) is 17.8. The third kappa shape index (κ3) is 6.07. The molecule has 0 atom stereocenters. The number of H-pyrrole nitrogens is 1. The Morgan fingerprint density at radius 1 is 1.21 bits per heavy atom. The number of anilines is 1. The number of nitrogens with one attached hydrogen (secondary N) is 2. The van der Waals surface area contributed by atoms with E-state index < -0.39 is 17.7 Å². The number of aryl methyl sites for hydroxylation is 2. The first-order valence-corrected chi connectivity index (χ1v) is 11.4. The Balaban J connectivity index is 0.000000505. The summed E-state index contributed by atoms with van der Waals surface area (Å²) in [5.41, 5.74) is 3.65. The number of nitriles is 1. The van der Waals surface area contributed by atoms with Crippen molar-refractivity contribution in [3.8, 4) is 17.2 Å². The van der Waals surface area contributed by atoms with Crippen LogP contribution in [-0.2, 0) is 10.3 Å². The average molecular weight is 534 g/mol. The number of carboxylic acids is 1. The van der Waals surface area contributed by atoms with Gasteiger partial charge in [-0.2, -0.15) is 28.6 Å². The monoisotopic (exact) mass is 533 g/mol. The van der Waals surface area contributed by atoms with Crippen molar-refractivity contribution in [2.45, 2.75) is 51.9 Å². The van der Waals surface area contributed by atoms with Crippen LogP contribution in [0.15, 0.2) is 24.8 Å². The van der Waals surface area contributed by atoms with E-state index in [1.54, 1.807) is 6.20 Å². The summed E-state index contributed by atoms with van der Waals surface area (Å²) in [5.74, 6) is -2.33. The summed E-state index contributed by atoms with van der Waals surface area (Å²) in [5, 5.41) is 31.2. The normalized spacial score (nSPS) is 14.2. The quantitative estimate of drug-likeness (QED) is 0.432. The SMILES string of the molecule is Cc1n[nH]cc1-c1cn(C2(CC#N)CN(c3cnc(C(=O)NC(C)C)cn3)C2)nc1C.O=C(O)C(F)(F)F. The summed E-state index contributed by atoms with van der Waals surface area (Å²) < 4.78 is 33.6. The van der Waals surface area contributed by atoms with Crippen molar-refractivity contribution < 1.29 is 27.9 Å². The molecule has 3 N–H and O–H groups in total. The molecule has 0 saturated carbocycles. The fraction of sp³-hybridized carbons (Fsp3) is 0.435. The Morgan fingerprint density at radius 2 is 1.87 bits per heavy atom. The van der Waals surface area contributed by atoms with Gasteiger partial charge in [0.25, 0.3) is 5.91 Å². The standard InChI is InChI=1S/C21H25N9O.C2HF3O2/c1-13(2)26-20(31)18-8-24-19(9-23-18)29-11-21(12-29,5-6-22)30-10-17(15(4)28-30)16-7-25-27-14(16)3;3-2(4,5)1(6)7/h7-10,13H,5,11-12H2,1-4H3,(H,25,27)(H,26,31);(H,6,7). The molecule has 4 heterocycles. The molecule has 202 valence electrons. The third-order valence-electron chi connectivity index (χ3n) is 5.74. The second-order valence-electron chi connectivity index (χ2n) is 9.06. The Labute approximate surface area is 215 Å². The summed E-state index contributed by atoms with van der Waals surface area (Å²) in [6, 6.07) is 2.33. The minimum Gasteiger partial charge on any atom is -0.475 e. The molecule has 0 radical (unpaired) electrons. The molecule has 38 heavy (non-hydrogen) atoms. The van der Waals surface area contributed by atoms with Gasteiger partial charge in [-0.1, -0.05) is 0 Å². The number of hydrogen-bond acceptors (Lipinski definition) is 8. The Morgan fingerprint density at radius 3 is 2.34 bits per heavy atom. The lowest BCUT2D eigenvalue weighted by molar-refractivity contribution is -0.192. The van der Waals surface area contributed by atoms with Crippen LogP contribution in [0.4, 0.5) is 19.0 Å². The first kappa shape index (κ1) is 28.1. The van der Waals surface area contributed by atoms with Crippen molar-refractivity contribution in [2.24, 2.45) is 0 Å². The molecule has 1 aliphatic heterocycles. The van der Waals surface area contributed by atoms with Gasteiger partial charge in [0.1, 0.15) is 17.1 Å². The van der Waals surface area contributed by atoms with E-state index in [2.05, 4.69) is 31.6 Å². The molecule has 1 amide bonds. The maximum Gasteiger partial charge on any atom is 0.490 e. The lowest BCUT2D eigenvalue weighted by atomic mass is 9.87. The maximum atomic E-state index is 12.1. The van der Waals surface area contributed by atoms with Gasteiger partial charge in [0.15, 0.2) is 0 Å². The molecule has 15 heteroatoms. The number of halogens is 3. The van der Waals surface area contributed by atoms with E-state index in [4.69, 9.17) is 15.0 Å². The molecule has 0 bridgehead atoms. The predicted molar refractivity (Wildman–Crippen MR) is 128 cm³/mol. The van der Waals surface area contributed by atoms with E-state index in [1.165, 1.54) is 6.20 Å². The van der Waals surface area contributed by atoms with E-state index in [9.17, 15) is 23.2 Å². The van der Waals surface area contributed by atoms with Crippen LogP contribution in [0.3, 0.4) is 0 Å². The summed E-state index contributed by atoms with van der Waals surface area (Å²) >= 11 is 0. The van der Waals surface area contributed by atoms with Crippen molar-refractivity contribution in [2.75, 3.05) is 18.0 Å². The fourth-order valence-electron chi connectivity index (χ4n) is 3.85. The van der Waals surface area contributed by atoms with Crippen molar-refractivity contribution in [3.05, 3.63) is 41.9 Å². The lowest BCUT2D eigenvalue weighted by Crippen LogP contribution is -2.63. The lowest BCUT2D eigenvalue weighted by Gasteiger charge is -2.49. The summed E-state index contributed by atoms with van der Waals surface area (Å²) in [6.07, 6.45) is 2.18. The number of hydrogen-bond donors (Lipinski definition) is 3. The molecular formula is C23H26F3N9O3. The molecule has 0 spiro atoms. The molecule has 1 saturated heterocycles. The summed E-state index contributed by atoms with van der Waals surface area (Å²) in [7, 11) is 0. The van der Waals surface area contributed by atoms with Crippen LogP contribution in [0.2, 0.25) is 0 Å². The number of amides is 1. The maximum absolute atomic E-state index is 12.1. The van der Waals surface area contributed by atoms with Gasteiger partial charge in [-0.15, -0.1) is 0 Å². The highest BCUT2D eigenvalue weighted by atomic mass is 19.4. The van der Waals surface area contributed by atoms with Crippen LogP contribution in [0.5, 0.6) is 0 Å². The van der Waals surface area contributed by atoms with E-state index in [-0.39, 0.29) is 17.6 Å². The first-order valence-electron chi connectivity index (χ1n) is 11.4. The molecular weight excluding hydrogens is 507 g/mol. The van der Waals surface area contributed by atoms with Crippen molar-refractivity contribution in [1.82, 2.24) is 35.3 Å². The third-order valence-corrected chi connectivity index (χ3v) is 5.74. The number of rotatable bonds is 6. The number of alkyl halides is 3. The van der Waals surface area contributed by atoms with Crippen LogP contribution in [-0.4, -0.2) is 72.2 Å². The number of carbonyl (C=O) groups excluding carboxylic acids is 1. The Hall–Kier alpha value is -4.48. The van der Waals surface area contributed by atoms with Gasteiger partial charge in [0.2, 0.25) is 0 Å². The highest BCUT2D eigenvalue weighted by molar-refractivity contribution is 5.92. The van der Waals surface area contributed by atoms with Crippen LogP contribution in [0, 0.1) is 25.2 Å². The molecule has 0 aliphatic carbocycles. The number of carbonyl (C=O) groups is 2. The van der Waals surface area contributed by atoms with E-state index in [1.807, 2.05) is 49.7 Å². The van der Waals surface area contributed by atoms with Gasteiger partial charge >= 0.3 is 12.1 Å². The average Bonchev–Trinajstić information content (AvgIpc) is 3.40. The van der Waals surface area contributed by atoms with Gasteiger partial charge in [-0.05, 0) is 27.7 Å². The number of aromatic nitrogens is 6. The van der Waals surface area contributed by atoms with E-state index >= 15 is 0 Å². The number of aromatic amines is 1. The largest absolute Gasteiger partial charge is 0.490 e. The van der Waals surface area contributed by atoms with Gasteiger partial charge in [0.05, 0.1) is 36.3 Å². The molecule has 1 fully saturated rings. The molecule has 0 unspecified atom stereocenters. The fourth-order valence-corrected chi connectivity index (χ4v) is 3.85. The molecule has 12 nitrogen and oxygen atoms in total. The molecule has 1 aliphatic rings. The van der Waals surface area contributed by atoms with Gasteiger partial charge < -0.3 is 15.3 Å². The van der Waals surface area contributed by atoms with E-state index in [0.717, 1.165) is 22.5 Å². The van der Waals surface area contributed by atoms with Gasteiger partial charge in [-0.3, -0.25) is 14.6 Å². The second-order valence-corrected chi connectivity index (χ2v) is 9.06. The minimum absolute atomic E-state index is 0.0317. The second kappa shape index (κ2) is 10.9. The van der Waals surface area contributed by atoms with Crippen molar-refractivity contribution in [3.63, 3.8) is 0 Å². The van der Waals surface area contributed by atoms with E-state index in [0.29, 0.717) is 25.3 Å². The minimum atomic E-state index is -5.08. The molecule has 0 aromatic carbocycles. The highest BCUT2D eigenvalue weighted by Gasteiger charge is 2.46. The smallest absolute Gasteiger partial charge is 0.475 e. The zero-order valence-electron chi connectivity index (χ0n) is 21.0. The molecule has 4 rings (SSSR count). The predicted octanol–water partition coefficient (Wildman–Crippen LogP) is 2.58. The molecule has 3 aromatic heterocycles. The van der Waals surface area contributed by atoms with Crippen LogP contribution >= 0.6 is 0 Å². The zero-order chi connectivity index (χ0) is 28.3. The topological polar surface area (TPSA) is 166 Å². The molecule has 3 aromatic rings.